The first-order valence-corrected chi connectivity index (χ1v) is 7.70. The molecule has 1 saturated heterocycles. The molecule has 122 valence electrons. The quantitative estimate of drug-likeness (QED) is 0.819. The van der Waals surface area contributed by atoms with Gasteiger partial charge in [0.25, 0.3) is 0 Å². The molecule has 1 fully saturated rings. The van der Waals surface area contributed by atoms with Crippen molar-refractivity contribution in [2.24, 2.45) is 5.92 Å². The molecule has 2 amide bonds. The molecule has 0 aliphatic carbocycles. The largest absolute Gasteiger partial charge is 0.466 e. The Morgan fingerprint density at radius 3 is 3.00 bits per heavy atom. The van der Waals surface area contributed by atoms with Gasteiger partial charge >= 0.3 is 0 Å². The number of hydrogen-bond donors (Lipinski definition) is 1. The van der Waals surface area contributed by atoms with Crippen molar-refractivity contribution in [1.82, 2.24) is 10.2 Å². The Bertz CT molecular complexity index is 512. The smallest absolute Gasteiger partial charge is 0.224 e. The average Bonchev–Trinajstić information content (AvgIpc) is 2.92. The first-order valence-electron chi connectivity index (χ1n) is 7.70. The van der Waals surface area contributed by atoms with E-state index in [0.717, 1.165) is 11.5 Å². The van der Waals surface area contributed by atoms with Crippen molar-refractivity contribution in [2.75, 3.05) is 33.4 Å². The van der Waals surface area contributed by atoms with Crippen LogP contribution in [0.25, 0.3) is 0 Å². The van der Waals surface area contributed by atoms with Gasteiger partial charge in [-0.15, -0.1) is 0 Å². The maximum Gasteiger partial charge on any atom is 0.224 e. The van der Waals surface area contributed by atoms with Crippen molar-refractivity contribution >= 4 is 11.8 Å². The van der Waals surface area contributed by atoms with Gasteiger partial charge in [0, 0.05) is 39.6 Å². The van der Waals surface area contributed by atoms with E-state index in [0.29, 0.717) is 45.5 Å². The number of aryl methyl sites for hydroxylation is 1. The van der Waals surface area contributed by atoms with Gasteiger partial charge in [-0.1, -0.05) is 0 Å². The number of rotatable bonds is 7. The Kier molecular flexibility index (Phi) is 6.00. The second-order valence-electron chi connectivity index (χ2n) is 5.62. The van der Waals surface area contributed by atoms with Crippen LogP contribution in [0.2, 0.25) is 0 Å². The number of carbonyl (C=O) groups is 2. The highest BCUT2D eigenvalue weighted by Gasteiger charge is 2.29. The molecule has 0 unspecified atom stereocenters. The van der Waals surface area contributed by atoms with Gasteiger partial charge in [0.05, 0.1) is 12.5 Å². The molecule has 0 aromatic carbocycles. The fourth-order valence-electron chi connectivity index (χ4n) is 2.62. The number of piperidine rings is 1. The zero-order valence-corrected chi connectivity index (χ0v) is 13.3. The standard InChI is InChI=1S/C16H24N2O4/c1-12-3-5-14(22-12)7-8-17-16(20)13-4-6-15(19)18(11-13)9-10-21-2/h3,5,13H,4,6-11H2,1-2H3,(H,17,20)/t13-/m0/s1. The predicted molar refractivity (Wildman–Crippen MR) is 81.3 cm³/mol. The van der Waals surface area contributed by atoms with Crippen molar-refractivity contribution in [3.63, 3.8) is 0 Å². The normalized spacial score (nSPS) is 18.5. The minimum atomic E-state index is -0.132. The minimum Gasteiger partial charge on any atom is -0.466 e. The summed E-state index contributed by atoms with van der Waals surface area (Å²) in [6.45, 7) is 3.97. The Morgan fingerprint density at radius 2 is 2.32 bits per heavy atom. The maximum atomic E-state index is 12.2. The number of furan rings is 1. The van der Waals surface area contributed by atoms with E-state index in [-0.39, 0.29) is 17.7 Å². The molecule has 0 spiro atoms. The lowest BCUT2D eigenvalue weighted by atomic mass is 9.96. The van der Waals surface area contributed by atoms with Crippen molar-refractivity contribution in [2.45, 2.75) is 26.2 Å². The van der Waals surface area contributed by atoms with E-state index < -0.39 is 0 Å². The number of likely N-dealkylation sites (tertiary alicyclic amines) is 1. The molecule has 1 aromatic rings. The van der Waals surface area contributed by atoms with Crippen LogP contribution < -0.4 is 5.32 Å². The second-order valence-corrected chi connectivity index (χ2v) is 5.62. The maximum absolute atomic E-state index is 12.2. The van der Waals surface area contributed by atoms with Crippen molar-refractivity contribution in [1.29, 1.82) is 0 Å². The molecule has 0 radical (unpaired) electrons. The molecule has 1 aliphatic rings. The van der Waals surface area contributed by atoms with E-state index in [1.165, 1.54) is 0 Å². The fraction of sp³-hybridized carbons (Fsp3) is 0.625. The van der Waals surface area contributed by atoms with Crippen LogP contribution in [0, 0.1) is 12.8 Å². The van der Waals surface area contributed by atoms with Gasteiger partial charge in [-0.2, -0.15) is 0 Å². The molecular formula is C16H24N2O4. The summed E-state index contributed by atoms with van der Waals surface area (Å²) in [7, 11) is 1.61. The number of ether oxygens (including phenoxy) is 1. The molecule has 6 heteroatoms. The lowest BCUT2D eigenvalue weighted by molar-refractivity contribution is -0.138. The van der Waals surface area contributed by atoms with Crippen LogP contribution in [0.3, 0.4) is 0 Å². The molecule has 0 saturated carbocycles. The van der Waals surface area contributed by atoms with Gasteiger partial charge in [0.2, 0.25) is 11.8 Å². The molecule has 2 rings (SSSR count). The number of nitrogens with one attached hydrogen (secondary N) is 1. The number of carbonyl (C=O) groups excluding carboxylic acids is 2. The van der Waals surface area contributed by atoms with E-state index in [2.05, 4.69) is 5.32 Å². The lowest BCUT2D eigenvalue weighted by Crippen LogP contribution is -2.47. The summed E-state index contributed by atoms with van der Waals surface area (Å²) in [6.07, 6.45) is 1.73. The number of amides is 2. The van der Waals surface area contributed by atoms with Crippen LogP contribution >= 0.6 is 0 Å². The van der Waals surface area contributed by atoms with Crippen molar-refractivity contribution in [3.05, 3.63) is 23.7 Å². The Labute approximate surface area is 130 Å². The molecule has 0 bridgehead atoms. The van der Waals surface area contributed by atoms with Gasteiger partial charge in [-0.3, -0.25) is 9.59 Å². The van der Waals surface area contributed by atoms with Crippen LogP contribution in [0.5, 0.6) is 0 Å². The van der Waals surface area contributed by atoms with E-state index in [1.54, 1.807) is 12.0 Å². The summed E-state index contributed by atoms with van der Waals surface area (Å²) in [6, 6.07) is 3.84. The summed E-state index contributed by atoms with van der Waals surface area (Å²) in [5, 5.41) is 2.93. The summed E-state index contributed by atoms with van der Waals surface area (Å²) in [4.78, 5) is 25.7. The molecule has 6 nitrogen and oxygen atoms in total. The summed E-state index contributed by atoms with van der Waals surface area (Å²) < 4.78 is 10.5. The Hall–Kier alpha value is -1.82. The Morgan fingerprint density at radius 1 is 1.50 bits per heavy atom. The van der Waals surface area contributed by atoms with E-state index in [9.17, 15) is 9.59 Å². The van der Waals surface area contributed by atoms with Gasteiger partial charge in [0.1, 0.15) is 11.5 Å². The third-order valence-corrected chi connectivity index (χ3v) is 3.90. The van der Waals surface area contributed by atoms with E-state index in [4.69, 9.17) is 9.15 Å². The van der Waals surface area contributed by atoms with E-state index >= 15 is 0 Å². The highest BCUT2D eigenvalue weighted by atomic mass is 16.5. The van der Waals surface area contributed by atoms with E-state index in [1.807, 2.05) is 19.1 Å². The van der Waals surface area contributed by atoms with Crippen LogP contribution in [-0.2, 0) is 20.7 Å². The summed E-state index contributed by atoms with van der Waals surface area (Å²) >= 11 is 0. The first kappa shape index (κ1) is 16.5. The average molecular weight is 308 g/mol. The molecular weight excluding hydrogens is 284 g/mol. The molecule has 1 aliphatic heterocycles. The summed E-state index contributed by atoms with van der Waals surface area (Å²) in [5.41, 5.74) is 0. The fourth-order valence-corrected chi connectivity index (χ4v) is 2.62. The third kappa shape index (κ3) is 4.59. The molecule has 22 heavy (non-hydrogen) atoms. The zero-order valence-electron chi connectivity index (χ0n) is 13.3. The van der Waals surface area contributed by atoms with Gasteiger partial charge < -0.3 is 19.4 Å². The zero-order chi connectivity index (χ0) is 15.9. The van der Waals surface area contributed by atoms with Gasteiger partial charge in [-0.25, -0.2) is 0 Å². The van der Waals surface area contributed by atoms with Crippen LogP contribution in [0.4, 0.5) is 0 Å². The molecule has 1 aromatic heterocycles. The molecule has 2 heterocycles. The molecule has 1 atom stereocenters. The van der Waals surface area contributed by atoms with Crippen molar-refractivity contribution < 1.29 is 18.7 Å². The Balaban J connectivity index is 1.75. The number of hydrogen-bond acceptors (Lipinski definition) is 4. The summed E-state index contributed by atoms with van der Waals surface area (Å²) in [5.74, 6) is 1.73. The van der Waals surface area contributed by atoms with Crippen LogP contribution in [-0.4, -0.2) is 50.1 Å². The topological polar surface area (TPSA) is 71.8 Å². The predicted octanol–water partition coefficient (Wildman–Crippen LogP) is 1.13. The van der Waals surface area contributed by atoms with Crippen molar-refractivity contribution in [3.8, 4) is 0 Å². The van der Waals surface area contributed by atoms with Gasteiger partial charge in [-0.05, 0) is 25.5 Å². The van der Waals surface area contributed by atoms with Crippen LogP contribution in [0.1, 0.15) is 24.4 Å². The minimum absolute atomic E-state index is 0.0122. The van der Waals surface area contributed by atoms with Gasteiger partial charge in [0.15, 0.2) is 0 Å². The second kappa shape index (κ2) is 7.98. The number of nitrogens with zero attached hydrogens (tertiary/aromatic N) is 1. The third-order valence-electron chi connectivity index (χ3n) is 3.90. The first-order chi connectivity index (χ1) is 10.6. The lowest BCUT2D eigenvalue weighted by Gasteiger charge is -2.31. The highest BCUT2D eigenvalue weighted by Crippen LogP contribution is 2.17. The van der Waals surface area contributed by atoms with Crippen LogP contribution in [0.15, 0.2) is 16.5 Å². The monoisotopic (exact) mass is 308 g/mol. The number of methoxy groups -OCH3 is 1. The SMILES string of the molecule is COCCN1C[C@@H](C(=O)NCCc2ccc(C)o2)CCC1=O. The molecule has 1 N–H and O–H groups in total. The highest BCUT2D eigenvalue weighted by molar-refractivity contribution is 5.83.